The standard InChI is InChI=1S/C43H41N3S/c1-26-31-13-7-8-15-33(31)36-25-47-41-20-19-30-21-28-11-4-6-14-32(28)34(23-39(30)44(3)43(36)41)27(2)37-17-10-18-42-45(37)24-35(26)40-22-29-12-5-9-16-38(29)46(40)42/h4-18,22,25-27,30,34-35H,19-21,23-24H2,1-3H3/q+2. The predicted octanol–water partition coefficient (Wildman–Crippen LogP) is 9.67. The zero-order valence-corrected chi connectivity index (χ0v) is 28.3. The summed E-state index contributed by atoms with van der Waals surface area (Å²) in [7, 11) is 2.39. The molecule has 232 valence electrons. The molecule has 3 aromatic heterocycles. The van der Waals surface area contributed by atoms with Gasteiger partial charge in [-0.05, 0) is 65.6 Å². The van der Waals surface area contributed by atoms with Crippen LogP contribution in [0, 0.1) is 5.92 Å². The Balaban J connectivity index is 1.31. The minimum absolute atomic E-state index is 0.330. The van der Waals surface area contributed by atoms with Crippen molar-refractivity contribution in [1.82, 2.24) is 4.57 Å². The first kappa shape index (κ1) is 27.8. The second kappa shape index (κ2) is 10.4. The molecule has 5 unspecified atom stereocenters. The van der Waals surface area contributed by atoms with Gasteiger partial charge in [-0.25, -0.2) is 9.14 Å². The van der Waals surface area contributed by atoms with Crippen molar-refractivity contribution in [1.29, 1.82) is 0 Å². The highest BCUT2D eigenvalue weighted by Gasteiger charge is 2.44. The Kier molecular flexibility index (Phi) is 6.13. The van der Waals surface area contributed by atoms with E-state index in [0.29, 0.717) is 29.6 Å². The van der Waals surface area contributed by atoms with Crippen molar-refractivity contribution < 1.29 is 9.14 Å². The number of fused-ring (bicyclic) bond motifs is 11. The summed E-state index contributed by atoms with van der Waals surface area (Å²) >= 11 is 1.99. The molecule has 0 spiro atoms. The summed E-state index contributed by atoms with van der Waals surface area (Å²) in [6.07, 6.45) is 4.61. The van der Waals surface area contributed by atoms with Gasteiger partial charge in [-0.2, -0.15) is 4.57 Å². The molecule has 10 rings (SSSR count). The number of pyridine rings is 1. The average molecular weight is 632 g/mol. The van der Waals surface area contributed by atoms with E-state index in [1.54, 1.807) is 21.7 Å². The summed E-state index contributed by atoms with van der Waals surface area (Å²) in [4.78, 5) is 1.55. The maximum absolute atomic E-state index is 2.71. The van der Waals surface area contributed by atoms with Crippen LogP contribution < -0.4 is 4.57 Å². The Morgan fingerprint density at radius 1 is 0.766 bits per heavy atom. The largest absolute Gasteiger partial charge is 0.286 e. The molecule has 0 saturated carbocycles. The van der Waals surface area contributed by atoms with Crippen LogP contribution in [0.2, 0.25) is 0 Å². The molecule has 3 nitrogen and oxygen atoms in total. The van der Waals surface area contributed by atoms with Crippen molar-refractivity contribution in [2.24, 2.45) is 5.92 Å². The minimum Gasteiger partial charge on any atom is -0.230 e. The molecule has 6 heterocycles. The highest BCUT2D eigenvalue weighted by Crippen LogP contribution is 2.50. The van der Waals surface area contributed by atoms with Crippen LogP contribution in [0.1, 0.15) is 83.3 Å². The highest BCUT2D eigenvalue weighted by atomic mass is 32.1. The van der Waals surface area contributed by atoms with Gasteiger partial charge < -0.3 is 0 Å². The van der Waals surface area contributed by atoms with Crippen LogP contribution in [0.5, 0.6) is 0 Å². The molecule has 0 N–H and O–H groups in total. The van der Waals surface area contributed by atoms with Gasteiger partial charge in [0.25, 0.3) is 5.82 Å². The summed E-state index contributed by atoms with van der Waals surface area (Å²) in [5, 5.41) is 3.81. The number of aromatic nitrogens is 2. The van der Waals surface area contributed by atoms with Crippen LogP contribution in [-0.4, -0.2) is 21.9 Å². The maximum Gasteiger partial charge on any atom is 0.286 e. The molecular weight excluding hydrogens is 591 g/mol. The summed E-state index contributed by atoms with van der Waals surface area (Å²) in [5.74, 6) is 3.29. The smallest absolute Gasteiger partial charge is 0.230 e. The van der Waals surface area contributed by atoms with Gasteiger partial charge in [-0.15, -0.1) is 11.3 Å². The molecule has 4 heteroatoms. The number of thiophene rings is 1. The monoisotopic (exact) mass is 631 g/mol. The fourth-order valence-electron chi connectivity index (χ4n) is 9.98. The number of hydrogen-bond acceptors (Lipinski definition) is 1. The first-order chi connectivity index (χ1) is 23.1. The molecule has 5 atom stereocenters. The van der Waals surface area contributed by atoms with E-state index in [2.05, 4.69) is 137 Å². The number of aryl methyl sites for hydroxylation is 1. The molecule has 3 aliphatic heterocycles. The minimum atomic E-state index is 0.330. The Bertz CT molecular complexity index is 2270. The number of nitrogens with zero attached hydrogens (tertiary/aromatic N) is 3. The van der Waals surface area contributed by atoms with E-state index in [4.69, 9.17) is 0 Å². The summed E-state index contributed by atoms with van der Waals surface area (Å²) in [5.41, 5.74) is 14.7. The third-order valence-electron chi connectivity index (χ3n) is 12.4. The normalized spacial score (nSPS) is 24.2. The zero-order valence-electron chi connectivity index (χ0n) is 27.5. The van der Waals surface area contributed by atoms with E-state index in [-0.39, 0.29) is 0 Å². The Morgan fingerprint density at radius 3 is 2.49 bits per heavy atom. The van der Waals surface area contributed by atoms with Crippen LogP contribution in [0.15, 0.2) is 102 Å². The maximum atomic E-state index is 2.71. The first-order valence-corrected chi connectivity index (χ1v) is 18.4. The van der Waals surface area contributed by atoms with Gasteiger partial charge in [0.2, 0.25) is 5.69 Å². The molecule has 0 amide bonds. The molecular formula is C43H41N3S+2. The number of hydrogen-bond donors (Lipinski definition) is 0. The number of rotatable bonds is 0. The zero-order chi connectivity index (χ0) is 31.4. The van der Waals surface area contributed by atoms with Gasteiger partial charge in [-0.1, -0.05) is 86.6 Å². The fraction of sp³-hybridized carbons (Fsp3) is 0.302. The Morgan fingerprint density at radius 2 is 1.57 bits per heavy atom. The summed E-state index contributed by atoms with van der Waals surface area (Å²) in [6.45, 7) is 5.99. The van der Waals surface area contributed by atoms with E-state index in [9.17, 15) is 0 Å². The van der Waals surface area contributed by atoms with E-state index >= 15 is 0 Å². The van der Waals surface area contributed by atoms with E-state index in [0.717, 1.165) is 25.8 Å². The van der Waals surface area contributed by atoms with Crippen molar-refractivity contribution in [3.05, 3.63) is 135 Å². The number of benzene rings is 3. The van der Waals surface area contributed by atoms with Gasteiger partial charge in [0.05, 0.1) is 16.4 Å². The SMILES string of the molecule is CC1c2cccc3[n+]2CC(c2cc4ccccc4n2-3)C(C)c2ccccc2-c2csc3c2[N+](C)=C2CC1c1ccccc1CC2CC3. The van der Waals surface area contributed by atoms with Gasteiger partial charge in [0.15, 0.2) is 5.71 Å². The van der Waals surface area contributed by atoms with Crippen LogP contribution >= 0.6 is 11.3 Å². The van der Waals surface area contributed by atoms with Gasteiger partial charge >= 0.3 is 0 Å². The van der Waals surface area contributed by atoms with Crippen molar-refractivity contribution in [2.75, 3.05) is 7.05 Å². The molecule has 0 fully saturated rings. The van der Waals surface area contributed by atoms with E-state index in [1.807, 2.05) is 11.3 Å². The molecule has 0 saturated heterocycles. The van der Waals surface area contributed by atoms with Crippen LogP contribution in [-0.2, 0) is 19.4 Å². The van der Waals surface area contributed by atoms with Crippen molar-refractivity contribution in [3.63, 3.8) is 0 Å². The Hall–Kier alpha value is -4.28. The predicted molar refractivity (Wildman–Crippen MR) is 193 cm³/mol. The van der Waals surface area contributed by atoms with Crippen LogP contribution in [0.25, 0.3) is 27.8 Å². The molecule has 4 aliphatic rings. The van der Waals surface area contributed by atoms with Crippen molar-refractivity contribution in [3.8, 4) is 16.9 Å². The molecule has 5 bridgehead atoms. The van der Waals surface area contributed by atoms with Gasteiger partial charge in [0.1, 0.15) is 30.5 Å². The lowest BCUT2D eigenvalue weighted by molar-refractivity contribution is -0.706. The molecule has 0 radical (unpaired) electrons. The topological polar surface area (TPSA) is 11.8 Å². The Labute approximate surface area is 281 Å². The average Bonchev–Trinajstić information content (AvgIpc) is 3.63. The van der Waals surface area contributed by atoms with E-state index in [1.165, 1.54) is 56.9 Å². The van der Waals surface area contributed by atoms with Crippen molar-refractivity contribution in [2.45, 2.75) is 69.7 Å². The lowest BCUT2D eigenvalue weighted by Gasteiger charge is -2.32. The second-order valence-electron chi connectivity index (χ2n) is 14.6. The fourth-order valence-corrected chi connectivity index (χ4v) is 11.1. The van der Waals surface area contributed by atoms with Crippen LogP contribution in [0.4, 0.5) is 5.69 Å². The first-order valence-electron chi connectivity index (χ1n) is 17.6. The van der Waals surface area contributed by atoms with Gasteiger partial charge in [-0.3, -0.25) is 0 Å². The van der Waals surface area contributed by atoms with Gasteiger partial charge in [0, 0.05) is 41.0 Å². The van der Waals surface area contributed by atoms with Crippen LogP contribution in [0.3, 0.4) is 0 Å². The van der Waals surface area contributed by atoms with Crippen molar-refractivity contribution >= 4 is 33.6 Å². The molecule has 6 aromatic rings. The molecule has 47 heavy (non-hydrogen) atoms. The summed E-state index contributed by atoms with van der Waals surface area (Å²) < 4.78 is 7.97. The second-order valence-corrected chi connectivity index (χ2v) is 15.5. The third kappa shape index (κ3) is 3.97. The molecule has 1 aliphatic carbocycles. The lowest BCUT2D eigenvalue weighted by Crippen LogP contribution is -2.50. The highest BCUT2D eigenvalue weighted by molar-refractivity contribution is 7.11. The summed E-state index contributed by atoms with van der Waals surface area (Å²) in [6, 6.07) is 37.3. The molecule has 3 aromatic carbocycles. The lowest BCUT2D eigenvalue weighted by atomic mass is 9.78. The number of para-hydroxylation sites is 1. The quantitative estimate of drug-likeness (QED) is 0.148. The third-order valence-corrected chi connectivity index (χ3v) is 13.4. The van der Waals surface area contributed by atoms with E-state index < -0.39 is 0 Å².